The maximum absolute atomic E-state index is 10.3. The summed E-state index contributed by atoms with van der Waals surface area (Å²) in [6.07, 6.45) is 11.1. The van der Waals surface area contributed by atoms with E-state index in [1.807, 2.05) is 12.1 Å². The Bertz CT molecular complexity index is 674. The molecule has 0 N–H and O–H groups in total. The van der Waals surface area contributed by atoms with Crippen molar-refractivity contribution in [3.8, 4) is 23.3 Å². The predicted molar refractivity (Wildman–Crippen MR) is 133 cm³/mol. The normalized spacial score (nSPS) is 13.1. The summed E-state index contributed by atoms with van der Waals surface area (Å²) >= 11 is 0. The molecule has 0 aromatic heterocycles. The number of rotatable bonds is 17. The second-order valence-electron chi connectivity index (χ2n) is 9.18. The van der Waals surface area contributed by atoms with Gasteiger partial charge < -0.3 is 19.1 Å². The van der Waals surface area contributed by atoms with Crippen LogP contribution in [0.2, 0.25) is 0 Å². The first kappa shape index (κ1) is 28.1. The third-order valence-corrected chi connectivity index (χ3v) is 6.62. The highest BCUT2D eigenvalue weighted by molar-refractivity contribution is 5.56. The number of methoxy groups -OCH3 is 3. The van der Waals surface area contributed by atoms with Gasteiger partial charge in [0.2, 0.25) is 5.75 Å². The van der Waals surface area contributed by atoms with Crippen molar-refractivity contribution in [2.24, 2.45) is 5.92 Å². The van der Waals surface area contributed by atoms with Crippen LogP contribution in [0.25, 0.3) is 0 Å². The van der Waals surface area contributed by atoms with Crippen LogP contribution in [0.15, 0.2) is 12.1 Å². The van der Waals surface area contributed by atoms with Crippen LogP contribution in [0.5, 0.6) is 17.2 Å². The summed E-state index contributed by atoms with van der Waals surface area (Å²) in [5.41, 5.74) is 0.326. The van der Waals surface area contributed by atoms with E-state index in [2.05, 4.69) is 38.8 Å². The molecule has 1 aromatic rings. The van der Waals surface area contributed by atoms with Crippen LogP contribution in [0.1, 0.15) is 84.1 Å². The number of hydrogen-bond donors (Lipinski definition) is 0. The molecule has 0 bridgehead atoms. The van der Waals surface area contributed by atoms with Gasteiger partial charge in [-0.15, -0.1) is 0 Å². The number of hydrogen-bond acceptors (Lipinski definition) is 5. The fourth-order valence-electron chi connectivity index (χ4n) is 4.43. The summed E-state index contributed by atoms with van der Waals surface area (Å²) in [6, 6.07) is 6.53. The van der Waals surface area contributed by atoms with Gasteiger partial charge in [0.05, 0.1) is 32.8 Å². The van der Waals surface area contributed by atoms with Gasteiger partial charge in [0, 0.05) is 0 Å². The van der Waals surface area contributed by atoms with Gasteiger partial charge in [-0.2, -0.15) is 5.26 Å². The van der Waals surface area contributed by atoms with E-state index in [0.717, 1.165) is 31.5 Å². The summed E-state index contributed by atoms with van der Waals surface area (Å²) in [6.45, 7) is 8.62. The fourth-order valence-corrected chi connectivity index (χ4v) is 4.43. The minimum atomic E-state index is -0.604. The zero-order chi connectivity index (χ0) is 24.0. The molecule has 32 heavy (non-hydrogen) atoms. The molecule has 1 aromatic carbocycles. The first-order valence-electron chi connectivity index (χ1n) is 12.3. The molecular weight excluding hydrogens is 400 g/mol. The highest BCUT2D eigenvalue weighted by atomic mass is 16.5. The van der Waals surface area contributed by atoms with Gasteiger partial charge in [-0.3, -0.25) is 0 Å². The third-order valence-electron chi connectivity index (χ3n) is 6.62. The van der Waals surface area contributed by atoms with Crippen molar-refractivity contribution in [3.05, 3.63) is 17.7 Å². The third kappa shape index (κ3) is 7.89. The Hall–Kier alpha value is -1.93. The van der Waals surface area contributed by atoms with E-state index >= 15 is 0 Å². The molecule has 182 valence electrons. The smallest absolute Gasteiger partial charge is 0.203 e. The van der Waals surface area contributed by atoms with Crippen LogP contribution in [-0.4, -0.2) is 46.4 Å². The van der Waals surface area contributed by atoms with Crippen molar-refractivity contribution in [1.29, 1.82) is 5.26 Å². The van der Waals surface area contributed by atoms with Gasteiger partial charge in [0.15, 0.2) is 11.5 Å². The molecule has 1 unspecified atom stereocenters. The van der Waals surface area contributed by atoms with Crippen LogP contribution in [0.3, 0.4) is 0 Å². The summed E-state index contributed by atoms with van der Waals surface area (Å²) in [4.78, 5) is 2.41. The minimum Gasteiger partial charge on any atom is -0.493 e. The SMILES string of the molecule is CCCCCCCCCN(C)CCCC(C#N)(c1cc(OC)c(OC)c(OC)c1)C(C)C. The molecule has 0 saturated carbocycles. The lowest BCUT2D eigenvalue weighted by Gasteiger charge is -2.33. The second-order valence-corrected chi connectivity index (χ2v) is 9.18. The Morgan fingerprint density at radius 3 is 1.88 bits per heavy atom. The number of nitrogens with zero attached hydrogens (tertiary/aromatic N) is 2. The van der Waals surface area contributed by atoms with Gasteiger partial charge in [-0.25, -0.2) is 0 Å². The average Bonchev–Trinajstić information content (AvgIpc) is 2.80. The molecule has 1 rings (SSSR count). The van der Waals surface area contributed by atoms with E-state index in [-0.39, 0.29) is 5.92 Å². The maximum atomic E-state index is 10.3. The number of unbranched alkanes of at least 4 members (excludes halogenated alkanes) is 6. The van der Waals surface area contributed by atoms with Crippen LogP contribution >= 0.6 is 0 Å². The van der Waals surface area contributed by atoms with Crippen molar-refractivity contribution in [1.82, 2.24) is 4.90 Å². The molecule has 5 nitrogen and oxygen atoms in total. The Morgan fingerprint density at radius 2 is 1.41 bits per heavy atom. The van der Waals surface area contributed by atoms with Gasteiger partial charge in [0.25, 0.3) is 0 Å². The van der Waals surface area contributed by atoms with Crippen molar-refractivity contribution >= 4 is 0 Å². The van der Waals surface area contributed by atoms with E-state index in [0.29, 0.717) is 17.2 Å². The second kappa shape index (κ2) is 15.0. The molecule has 5 heteroatoms. The minimum absolute atomic E-state index is 0.156. The van der Waals surface area contributed by atoms with Gasteiger partial charge in [0.1, 0.15) is 0 Å². The van der Waals surface area contributed by atoms with E-state index in [1.165, 1.54) is 44.9 Å². The van der Waals surface area contributed by atoms with Crippen molar-refractivity contribution < 1.29 is 14.2 Å². The number of ether oxygens (including phenoxy) is 3. The molecule has 0 aliphatic carbocycles. The number of benzene rings is 1. The zero-order valence-corrected chi connectivity index (χ0v) is 21.6. The highest BCUT2D eigenvalue weighted by Gasteiger charge is 2.37. The van der Waals surface area contributed by atoms with Crippen LogP contribution in [-0.2, 0) is 5.41 Å². The topological polar surface area (TPSA) is 54.7 Å². The molecule has 0 fully saturated rings. The van der Waals surface area contributed by atoms with E-state index in [9.17, 15) is 5.26 Å². The van der Waals surface area contributed by atoms with E-state index in [1.54, 1.807) is 21.3 Å². The molecular formula is C27H46N2O3. The molecule has 0 amide bonds. The predicted octanol–water partition coefficient (Wildman–Crippen LogP) is 6.59. The maximum Gasteiger partial charge on any atom is 0.203 e. The summed E-state index contributed by atoms with van der Waals surface area (Å²) < 4.78 is 16.6. The lowest BCUT2D eigenvalue weighted by atomic mass is 9.69. The Labute approximate surface area is 197 Å². The highest BCUT2D eigenvalue weighted by Crippen LogP contribution is 2.45. The lowest BCUT2D eigenvalue weighted by molar-refractivity contribution is 0.284. The van der Waals surface area contributed by atoms with Crippen LogP contribution < -0.4 is 14.2 Å². The van der Waals surface area contributed by atoms with Crippen molar-refractivity contribution in [2.45, 2.75) is 84.0 Å². The molecule has 0 radical (unpaired) electrons. The van der Waals surface area contributed by atoms with Gasteiger partial charge >= 0.3 is 0 Å². The van der Waals surface area contributed by atoms with Crippen LogP contribution in [0.4, 0.5) is 0 Å². The summed E-state index contributed by atoms with van der Waals surface area (Å²) in [5, 5.41) is 10.3. The fraction of sp³-hybridized carbons (Fsp3) is 0.741. The average molecular weight is 447 g/mol. The number of nitriles is 1. The van der Waals surface area contributed by atoms with Crippen molar-refractivity contribution in [3.63, 3.8) is 0 Å². The molecule has 0 heterocycles. The Kier molecular flexibility index (Phi) is 13.2. The van der Waals surface area contributed by atoms with E-state index in [4.69, 9.17) is 14.2 Å². The molecule has 1 atom stereocenters. The molecule has 0 spiro atoms. The Morgan fingerprint density at radius 1 is 0.875 bits per heavy atom. The first-order chi connectivity index (χ1) is 15.4. The van der Waals surface area contributed by atoms with E-state index < -0.39 is 5.41 Å². The van der Waals surface area contributed by atoms with Crippen LogP contribution in [0, 0.1) is 17.2 Å². The largest absolute Gasteiger partial charge is 0.493 e. The summed E-state index contributed by atoms with van der Waals surface area (Å²) in [7, 11) is 7.02. The quantitative estimate of drug-likeness (QED) is 0.253. The van der Waals surface area contributed by atoms with Gasteiger partial charge in [-0.1, -0.05) is 59.3 Å². The van der Waals surface area contributed by atoms with Gasteiger partial charge in [-0.05, 0) is 63.0 Å². The molecule has 0 aliphatic heterocycles. The molecule has 0 saturated heterocycles. The monoisotopic (exact) mass is 446 g/mol. The summed E-state index contributed by atoms with van der Waals surface area (Å²) in [5.74, 6) is 1.91. The zero-order valence-electron chi connectivity index (χ0n) is 21.6. The Balaban J connectivity index is 2.77. The van der Waals surface area contributed by atoms with Crippen molar-refractivity contribution in [2.75, 3.05) is 41.5 Å². The lowest BCUT2D eigenvalue weighted by Crippen LogP contribution is -2.32. The first-order valence-corrected chi connectivity index (χ1v) is 12.3. The molecule has 0 aliphatic rings. The standard InChI is InChI=1S/C27H46N2O3/c1-8-9-10-11-12-13-14-17-29(4)18-15-16-27(21-28,22(2)3)23-19-24(30-5)26(32-7)25(20-23)31-6/h19-20,22H,8-18H2,1-7H3.